The van der Waals surface area contributed by atoms with Gasteiger partial charge in [0.1, 0.15) is 5.82 Å². The molecule has 10 aromatic rings. The van der Waals surface area contributed by atoms with E-state index in [4.69, 9.17) is 9.72 Å². The van der Waals surface area contributed by atoms with Crippen molar-refractivity contribution in [1.82, 2.24) is 14.1 Å². The summed E-state index contributed by atoms with van der Waals surface area (Å²) in [6, 6.07) is 60.9. The van der Waals surface area contributed by atoms with Gasteiger partial charge in [-0.3, -0.25) is 0 Å². The first-order valence-corrected chi connectivity index (χ1v) is 20.4. The Bertz CT molecular complexity index is 3290. The molecule has 0 saturated carbocycles. The van der Waals surface area contributed by atoms with E-state index < -0.39 is 0 Å². The number of ether oxygens (including phenoxy) is 1. The zero-order chi connectivity index (χ0) is 40.7. The number of pyridine rings is 1. The third kappa shape index (κ3) is 6.58. The van der Waals surface area contributed by atoms with Gasteiger partial charge in [-0.25, -0.2) is 4.98 Å². The molecule has 7 aromatic carbocycles. The van der Waals surface area contributed by atoms with Gasteiger partial charge >= 0.3 is 0 Å². The van der Waals surface area contributed by atoms with Gasteiger partial charge in [0.2, 0.25) is 0 Å². The second kappa shape index (κ2) is 14.8. The predicted molar refractivity (Wildman–Crippen MR) is 247 cm³/mol. The van der Waals surface area contributed by atoms with E-state index in [-0.39, 0.29) is 26.5 Å². The van der Waals surface area contributed by atoms with Crippen LogP contribution in [0.25, 0.3) is 60.6 Å². The minimum absolute atomic E-state index is 0. The van der Waals surface area contributed by atoms with Gasteiger partial charge in [0.05, 0.1) is 5.52 Å². The van der Waals surface area contributed by atoms with Gasteiger partial charge in [0.15, 0.2) is 0 Å². The average Bonchev–Trinajstić information content (AvgIpc) is 3.90. The number of hydrogen-bond acceptors (Lipinski definition) is 4. The molecule has 0 atom stereocenters. The van der Waals surface area contributed by atoms with E-state index in [2.05, 4.69) is 218 Å². The number of benzene rings is 7. The van der Waals surface area contributed by atoms with E-state index in [1.54, 1.807) is 0 Å². The summed E-state index contributed by atoms with van der Waals surface area (Å²) in [5, 5.41) is 4.57. The third-order valence-electron chi connectivity index (χ3n) is 11.9. The summed E-state index contributed by atoms with van der Waals surface area (Å²) < 4.78 is 11.3. The fraction of sp³-hybridized carbons (Fsp3) is 0.111. The molecule has 61 heavy (non-hydrogen) atoms. The quantitative estimate of drug-likeness (QED) is 0.156. The number of anilines is 4. The van der Waals surface area contributed by atoms with Crippen molar-refractivity contribution in [1.29, 1.82) is 0 Å². The van der Waals surface area contributed by atoms with Crippen LogP contribution in [0, 0.1) is 25.7 Å². The van der Waals surface area contributed by atoms with E-state index in [0.717, 1.165) is 72.4 Å². The summed E-state index contributed by atoms with van der Waals surface area (Å²) in [5.74, 6) is 2.05. The van der Waals surface area contributed by atoms with Gasteiger partial charge in [0, 0.05) is 90.7 Å². The summed E-state index contributed by atoms with van der Waals surface area (Å²) in [6.07, 6.45) is 2.01. The summed E-state index contributed by atoms with van der Waals surface area (Å²) in [4.78, 5) is 9.57. The second-order valence-corrected chi connectivity index (χ2v) is 16.8. The molecule has 11 rings (SSSR count). The van der Waals surface area contributed by atoms with E-state index in [1.165, 1.54) is 22.0 Å². The zero-order valence-electron chi connectivity index (χ0n) is 34.5. The van der Waals surface area contributed by atoms with Crippen LogP contribution in [0.5, 0.6) is 11.5 Å². The molecule has 1 aliphatic rings. The fourth-order valence-electron chi connectivity index (χ4n) is 8.72. The summed E-state index contributed by atoms with van der Waals surface area (Å²) in [7, 11) is 2.13. The summed E-state index contributed by atoms with van der Waals surface area (Å²) in [5.41, 5.74) is 12.9. The molecule has 0 spiro atoms. The number of rotatable bonds is 6. The molecule has 0 N–H and O–H groups in total. The van der Waals surface area contributed by atoms with Crippen molar-refractivity contribution in [3.63, 3.8) is 0 Å². The van der Waals surface area contributed by atoms with Crippen LogP contribution in [0.15, 0.2) is 158 Å². The van der Waals surface area contributed by atoms with Gasteiger partial charge in [-0.15, -0.1) is 53.6 Å². The monoisotopic (exact) mass is 971 g/mol. The van der Waals surface area contributed by atoms with E-state index >= 15 is 0 Å². The van der Waals surface area contributed by atoms with Crippen molar-refractivity contribution in [3.8, 4) is 28.4 Å². The van der Waals surface area contributed by atoms with Crippen LogP contribution in [-0.2, 0) is 33.5 Å². The van der Waals surface area contributed by atoms with Gasteiger partial charge < -0.3 is 23.7 Å². The van der Waals surface area contributed by atoms with Crippen LogP contribution in [0.2, 0.25) is 0 Å². The van der Waals surface area contributed by atoms with Crippen molar-refractivity contribution >= 4 is 66.4 Å². The Balaban J connectivity index is 0.00000445. The van der Waals surface area contributed by atoms with Crippen molar-refractivity contribution in [2.24, 2.45) is 7.05 Å². The number of para-hydroxylation sites is 2. The second-order valence-electron chi connectivity index (χ2n) is 16.8. The summed E-state index contributed by atoms with van der Waals surface area (Å²) in [6.45, 7) is 11.0. The molecule has 302 valence electrons. The Morgan fingerprint density at radius 3 is 2.16 bits per heavy atom. The topological polar surface area (TPSA) is 38.5 Å². The molecule has 0 amide bonds. The minimum atomic E-state index is -0.166. The maximum Gasteiger partial charge on any atom is 0.137 e. The number of fused-ring (bicyclic) bond motifs is 7. The largest absolute Gasteiger partial charge is 0.509 e. The van der Waals surface area contributed by atoms with Crippen LogP contribution in [-0.4, -0.2) is 14.1 Å². The van der Waals surface area contributed by atoms with Gasteiger partial charge in [-0.1, -0.05) is 111 Å². The van der Waals surface area contributed by atoms with Crippen LogP contribution in [0.3, 0.4) is 0 Å². The van der Waals surface area contributed by atoms with Gasteiger partial charge in [-0.05, 0) is 71.3 Å². The Hall–Kier alpha value is -6.62. The Kier molecular flexibility index (Phi) is 9.38. The standard InChI is InChI=1S/C54H42N5O.Pt/c1-35-20-24-47-45(26-35)46-33-55-53(32-50(46)56(47)5)59-48-19-13-12-18-43(48)44-23-22-41(31-51(44)59)60-42-29-38(54(2,3)4)28-40(30-42)58-34-57(39-16-10-7-11-17-39)49-25-21-37(27-52(49)58)36-14-8-6-9-15-36;/h6-29,32-34H,1-5H3;/q-3;. The number of nitrogens with zero attached hydrogens (tertiary/aromatic N) is 5. The van der Waals surface area contributed by atoms with Crippen molar-refractivity contribution in [2.75, 3.05) is 9.80 Å². The van der Waals surface area contributed by atoms with Gasteiger partial charge in [-0.2, -0.15) is 6.07 Å². The zero-order valence-corrected chi connectivity index (χ0v) is 36.8. The molecule has 0 aliphatic carbocycles. The van der Waals surface area contributed by atoms with Crippen molar-refractivity contribution in [2.45, 2.75) is 33.1 Å². The average molecular weight is 972 g/mol. The smallest absolute Gasteiger partial charge is 0.137 e. The van der Waals surface area contributed by atoms with Crippen molar-refractivity contribution in [3.05, 3.63) is 188 Å². The maximum atomic E-state index is 6.84. The molecule has 0 saturated heterocycles. The normalized spacial score (nSPS) is 12.7. The van der Waals surface area contributed by atoms with Crippen LogP contribution >= 0.6 is 0 Å². The number of hydrogen-bond donors (Lipinski definition) is 0. The molecular formula is C54H42N5OPt-3. The van der Waals surface area contributed by atoms with Crippen molar-refractivity contribution < 1.29 is 25.8 Å². The molecule has 6 nitrogen and oxygen atoms in total. The fourth-order valence-corrected chi connectivity index (χ4v) is 8.72. The molecule has 0 unspecified atom stereocenters. The Labute approximate surface area is 370 Å². The van der Waals surface area contributed by atoms with Crippen LogP contribution in [0.1, 0.15) is 31.9 Å². The third-order valence-corrected chi connectivity index (χ3v) is 11.9. The van der Waals surface area contributed by atoms with E-state index in [9.17, 15) is 0 Å². The molecule has 3 aromatic heterocycles. The van der Waals surface area contributed by atoms with E-state index in [0.29, 0.717) is 11.5 Å². The molecule has 0 fully saturated rings. The molecule has 0 bridgehead atoms. The minimum Gasteiger partial charge on any atom is -0.509 e. The van der Waals surface area contributed by atoms with Gasteiger partial charge in [0.25, 0.3) is 0 Å². The molecular weight excluding hydrogens is 930 g/mol. The Morgan fingerprint density at radius 1 is 0.590 bits per heavy atom. The first kappa shape index (κ1) is 38.6. The maximum absolute atomic E-state index is 6.84. The predicted octanol–water partition coefficient (Wildman–Crippen LogP) is 13.9. The van der Waals surface area contributed by atoms with Crippen LogP contribution < -0.4 is 14.5 Å². The molecule has 1 aliphatic heterocycles. The first-order chi connectivity index (χ1) is 29.2. The van der Waals surface area contributed by atoms with Crippen LogP contribution in [0.4, 0.5) is 22.7 Å². The molecule has 7 heteroatoms. The molecule has 4 heterocycles. The first-order valence-electron chi connectivity index (χ1n) is 20.4. The number of aryl methyl sites for hydroxylation is 2. The number of aromatic nitrogens is 3. The SMILES string of the molecule is Cc1ccc2c(c1)c1cnc(-n3c4[c-]c(Oc5[c-]c(N6[CH-]N(c7ccccc7)c7ccc(-c8ccccc8)cc76)cc(C(C)(C)C)c5)ccc4c4ccccc43)cc1n2C.[Pt]. The Morgan fingerprint density at radius 2 is 1.36 bits per heavy atom. The molecule has 0 radical (unpaired) electrons. The van der Waals surface area contributed by atoms with E-state index in [1.807, 2.05) is 12.3 Å². The summed E-state index contributed by atoms with van der Waals surface area (Å²) >= 11 is 0.